The van der Waals surface area contributed by atoms with Gasteiger partial charge in [-0.15, -0.1) is 0 Å². The van der Waals surface area contributed by atoms with E-state index in [-0.39, 0.29) is 12.5 Å². The molecule has 2 amide bonds. The van der Waals surface area contributed by atoms with Crippen molar-refractivity contribution in [1.29, 1.82) is 0 Å². The first-order valence-electron chi connectivity index (χ1n) is 9.33. The normalized spacial score (nSPS) is 24.3. The van der Waals surface area contributed by atoms with Crippen LogP contribution in [0.1, 0.15) is 33.6 Å². The zero-order valence-electron chi connectivity index (χ0n) is 16.5. The number of carbonyl (C=O) groups is 3. The van der Waals surface area contributed by atoms with Gasteiger partial charge in [-0.05, 0) is 33.6 Å². The van der Waals surface area contributed by atoms with Gasteiger partial charge in [0.25, 0.3) is 0 Å². The highest BCUT2D eigenvalue weighted by atomic mass is 19.1. The third-order valence-corrected chi connectivity index (χ3v) is 4.87. The van der Waals surface area contributed by atoms with Crippen LogP contribution in [-0.2, 0) is 14.3 Å². The lowest BCUT2D eigenvalue weighted by Crippen LogP contribution is -2.58. The SMILES string of the molecule is CN(CCN1CC(F)C1)C(=O)[C@H]1CCCN(C(=O)OC(C)(C)C)[C@H]1C(=O)O. The number of hydrogen-bond acceptors (Lipinski definition) is 5. The number of likely N-dealkylation sites (tertiary alicyclic amines) is 2. The molecular weight excluding hydrogens is 357 g/mol. The summed E-state index contributed by atoms with van der Waals surface area (Å²) in [5, 5.41) is 9.68. The Kier molecular flexibility index (Phi) is 6.67. The Morgan fingerprint density at radius 2 is 1.89 bits per heavy atom. The van der Waals surface area contributed by atoms with Gasteiger partial charge in [-0.3, -0.25) is 14.6 Å². The van der Waals surface area contributed by atoms with Crippen LogP contribution < -0.4 is 0 Å². The van der Waals surface area contributed by atoms with E-state index in [9.17, 15) is 23.9 Å². The van der Waals surface area contributed by atoms with Crippen LogP contribution >= 0.6 is 0 Å². The van der Waals surface area contributed by atoms with Crippen LogP contribution in [0, 0.1) is 5.92 Å². The molecular formula is C18H30FN3O5. The Balaban J connectivity index is 2.03. The van der Waals surface area contributed by atoms with Gasteiger partial charge in [0, 0.05) is 39.8 Å². The number of carboxylic acids is 1. The van der Waals surface area contributed by atoms with Crippen molar-refractivity contribution in [3.63, 3.8) is 0 Å². The molecule has 2 aliphatic rings. The van der Waals surface area contributed by atoms with E-state index >= 15 is 0 Å². The number of piperidine rings is 1. The number of likely N-dealkylation sites (N-methyl/N-ethyl adjacent to an activating group) is 1. The van der Waals surface area contributed by atoms with Gasteiger partial charge < -0.3 is 14.7 Å². The molecule has 9 heteroatoms. The van der Waals surface area contributed by atoms with Crippen molar-refractivity contribution in [1.82, 2.24) is 14.7 Å². The van der Waals surface area contributed by atoms with E-state index in [1.807, 2.05) is 4.90 Å². The van der Waals surface area contributed by atoms with Crippen molar-refractivity contribution in [2.24, 2.45) is 5.92 Å². The van der Waals surface area contributed by atoms with Gasteiger partial charge in [0.1, 0.15) is 17.8 Å². The van der Waals surface area contributed by atoms with E-state index in [1.54, 1.807) is 27.8 Å². The van der Waals surface area contributed by atoms with Crippen LogP contribution in [0.2, 0.25) is 0 Å². The standard InChI is InChI=1S/C18H30FN3O5/c1-18(2,3)27-17(26)22-7-5-6-13(14(22)16(24)25)15(23)20(4)8-9-21-10-12(19)11-21/h12-14H,5-11H2,1-4H3,(H,24,25)/t13-,14+/m0/s1. The molecule has 0 spiro atoms. The monoisotopic (exact) mass is 387 g/mol. The van der Waals surface area contributed by atoms with E-state index in [1.165, 1.54) is 4.90 Å². The third kappa shape index (κ3) is 5.54. The summed E-state index contributed by atoms with van der Waals surface area (Å²) in [4.78, 5) is 41.7. The number of rotatable bonds is 5. The summed E-state index contributed by atoms with van der Waals surface area (Å²) in [6, 6.07) is -1.25. The Hall–Kier alpha value is -1.90. The summed E-state index contributed by atoms with van der Waals surface area (Å²) in [6.45, 7) is 7.04. The second kappa shape index (κ2) is 8.41. The van der Waals surface area contributed by atoms with E-state index < -0.39 is 35.8 Å². The minimum absolute atomic E-state index is 0.241. The first kappa shape index (κ1) is 21.4. The van der Waals surface area contributed by atoms with Crippen LogP contribution in [-0.4, -0.2) is 95.4 Å². The molecule has 154 valence electrons. The first-order valence-corrected chi connectivity index (χ1v) is 9.33. The van der Waals surface area contributed by atoms with Crippen LogP contribution in [0.5, 0.6) is 0 Å². The van der Waals surface area contributed by atoms with Crippen LogP contribution in [0.4, 0.5) is 9.18 Å². The van der Waals surface area contributed by atoms with Crippen LogP contribution in [0.3, 0.4) is 0 Å². The summed E-state index contributed by atoms with van der Waals surface area (Å²) >= 11 is 0. The number of hydrogen-bond donors (Lipinski definition) is 1. The lowest BCUT2D eigenvalue weighted by molar-refractivity contribution is -0.154. The molecule has 0 aromatic rings. The molecule has 0 radical (unpaired) electrons. The largest absolute Gasteiger partial charge is 0.480 e. The Labute approximate surface area is 159 Å². The highest BCUT2D eigenvalue weighted by Crippen LogP contribution is 2.27. The van der Waals surface area contributed by atoms with Crippen LogP contribution in [0.15, 0.2) is 0 Å². The maximum atomic E-state index is 12.9. The van der Waals surface area contributed by atoms with Gasteiger partial charge in [0.2, 0.25) is 5.91 Å². The Bertz CT molecular complexity index is 574. The lowest BCUT2D eigenvalue weighted by atomic mass is 9.88. The number of alkyl halides is 1. The summed E-state index contributed by atoms with van der Waals surface area (Å²) in [5.41, 5.74) is -0.751. The molecule has 0 bridgehead atoms. The second-order valence-corrected chi connectivity index (χ2v) is 8.32. The first-order chi connectivity index (χ1) is 12.5. The zero-order chi connectivity index (χ0) is 20.4. The number of amides is 2. The van der Waals surface area contributed by atoms with Crippen LogP contribution in [0.25, 0.3) is 0 Å². The molecule has 2 saturated heterocycles. The minimum atomic E-state index is -1.25. The van der Waals surface area contributed by atoms with Gasteiger partial charge in [0.05, 0.1) is 5.92 Å². The molecule has 0 aliphatic carbocycles. The van der Waals surface area contributed by atoms with Crippen molar-refractivity contribution in [2.45, 2.75) is 51.4 Å². The molecule has 2 atom stereocenters. The Morgan fingerprint density at radius 1 is 1.26 bits per heavy atom. The predicted molar refractivity (Wildman–Crippen MR) is 96.1 cm³/mol. The molecule has 2 rings (SSSR count). The van der Waals surface area contributed by atoms with Gasteiger partial charge in [0.15, 0.2) is 0 Å². The second-order valence-electron chi connectivity index (χ2n) is 8.32. The fourth-order valence-corrected chi connectivity index (χ4v) is 3.46. The molecule has 27 heavy (non-hydrogen) atoms. The average molecular weight is 387 g/mol. The molecule has 0 saturated carbocycles. The minimum Gasteiger partial charge on any atom is -0.480 e. The number of carboxylic acid groups (broad SMARTS) is 1. The molecule has 2 aliphatic heterocycles. The van der Waals surface area contributed by atoms with Crippen molar-refractivity contribution in [3.8, 4) is 0 Å². The smallest absolute Gasteiger partial charge is 0.411 e. The topological polar surface area (TPSA) is 90.4 Å². The number of nitrogens with zero attached hydrogens (tertiary/aromatic N) is 3. The molecule has 8 nitrogen and oxygen atoms in total. The lowest BCUT2D eigenvalue weighted by Gasteiger charge is -2.40. The summed E-state index contributed by atoms with van der Waals surface area (Å²) in [7, 11) is 1.61. The molecule has 2 fully saturated rings. The van der Waals surface area contributed by atoms with Crippen molar-refractivity contribution < 1.29 is 28.6 Å². The third-order valence-electron chi connectivity index (χ3n) is 4.87. The molecule has 0 unspecified atom stereocenters. The molecule has 0 aromatic carbocycles. The quantitative estimate of drug-likeness (QED) is 0.762. The number of aliphatic carboxylic acids is 1. The van der Waals surface area contributed by atoms with Crippen molar-refractivity contribution >= 4 is 18.0 Å². The average Bonchev–Trinajstić information content (AvgIpc) is 2.54. The maximum Gasteiger partial charge on any atom is 0.411 e. The van der Waals surface area contributed by atoms with E-state index in [4.69, 9.17) is 4.74 Å². The van der Waals surface area contributed by atoms with Gasteiger partial charge in [-0.1, -0.05) is 0 Å². The Morgan fingerprint density at radius 3 is 2.41 bits per heavy atom. The summed E-state index contributed by atoms with van der Waals surface area (Å²) < 4.78 is 18.2. The highest BCUT2D eigenvalue weighted by molar-refractivity contribution is 5.89. The van der Waals surface area contributed by atoms with E-state index in [0.717, 1.165) is 4.90 Å². The number of ether oxygens (including phenoxy) is 1. The summed E-state index contributed by atoms with van der Waals surface area (Å²) in [6.07, 6.45) is -0.591. The maximum absolute atomic E-state index is 12.9. The van der Waals surface area contributed by atoms with Crippen molar-refractivity contribution in [2.75, 3.05) is 39.8 Å². The summed E-state index contributed by atoms with van der Waals surface area (Å²) in [5.74, 6) is -2.35. The zero-order valence-corrected chi connectivity index (χ0v) is 16.5. The number of halogens is 1. The fourth-order valence-electron chi connectivity index (χ4n) is 3.46. The van der Waals surface area contributed by atoms with E-state index in [0.29, 0.717) is 39.0 Å². The molecule has 0 aromatic heterocycles. The van der Waals surface area contributed by atoms with Gasteiger partial charge in [-0.25, -0.2) is 14.0 Å². The number of carbonyl (C=O) groups excluding carboxylic acids is 2. The fraction of sp³-hybridized carbons (Fsp3) is 0.833. The molecule has 1 N–H and O–H groups in total. The van der Waals surface area contributed by atoms with Gasteiger partial charge >= 0.3 is 12.1 Å². The van der Waals surface area contributed by atoms with Gasteiger partial charge in [-0.2, -0.15) is 0 Å². The predicted octanol–water partition coefficient (Wildman–Crippen LogP) is 1.20. The molecule has 2 heterocycles. The van der Waals surface area contributed by atoms with E-state index in [2.05, 4.69) is 0 Å². The highest BCUT2D eigenvalue weighted by Gasteiger charge is 2.45. The van der Waals surface area contributed by atoms with Crippen molar-refractivity contribution in [3.05, 3.63) is 0 Å².